The zero-order chi connectivity index (χ0) is 18.1. The maximum atomic E-state index is 12.5. The molecule has 2 atom stereocenters. The van der Waals surface area contributed by atoms with E-state index in [1.807, 2.05) is 0 Å². The number of hydrogen-bond acceptors (Lipinski definition) is 5. The molecule has 1 amide bonds. The maximum absolute atomic E-state index is 12.5. The molecule has 0 bridgehead atoms. The van der Waals surface area contributed by atoms with Gasteiger partial charge in [0.1, 0.15) is 5.75 Å². The third-order valence-corrected chi connectivity index (χ3v) is 5.61. The Morgan fingerprint density at radius 3 is 2.73 bits per heavy atom. The van der Waals surface area contributed by atoms with Crippen LogP contribution in [0.2, 0.25) is 5.02 Å². The van der Waals surface area contributed by atoms with Gasteiger partial charge in [0.15, 0.2) is 5.79 Å². The number of aliphatic hydroxyl groups excluding tert-OH is 1. The van der Waals surface area contributed by atoms with Crippen molar-refractivity contribution < 1.29 is 24.1 Å². The second-order valence-corrected chi connectivity index (χ2v) is 7.80. The van der Waals surface area contributed by atoms with Crippen molar-refractivity contribution in [1.82, 2.24) is 5.32 Å². The van der Waals surface area contributed by atoms with E-state index in [-0.39, 0.29) is 11.9 Å². The van der Waals surface area contributed by atoms with Gasteiger partial charge < -0.3 is 24.6 Å². The van der Waals surface area contributed by atoms with Crippen molar-refractivity contribution in [2.45, 2.75) is 50.0 Å². The first-order chi connectivity index (χ1) is 12.5. The van der Waals surface area contributed by atoms with E-state index in [1.165, 1.54) is 12.8 Å². The van der Waals surface area contributed by atoms with Crippen LogP contribution in [-0.4, -0.2) is 48.8 Å². The lowest BCUT2D eigenvalue weighted by molar-refractivity contribution is -0.199. The Balaban J connectivity index is 1.34. The molecule has 1 aromatic rings. The average molecular weight is 382 g/mol. The minimum atomic E-state index is -0.706. The Bertz CT molecular complexity index is 672. The fourth-order valence-electron chi connectivity index (χ4n) is 3.56. The van der Waals surface area contributed by atoms with Gasteiger partial charge in [-0.15, -0.1) is 0 Å². The Labute approximate surface area is 157 Å². The number of carbonyl (C=O) groups excluding carboxylic acids is 1. The smallest absolute Gasteiger partial charge is 0.251 e. The van der Waals surface area contributed by atoms with Gasteiger partial charge in [-0.25, -0.2) is 0 Å². The van der Waals surface area contributed by atoms with Crippen LogP contribution in [0.1, 0.15) is 42.5 Å². The number of hydrogen-bond donors (Lipinski definition) is 2. The molecule has 26 heavy (non-hydrogen) atoms. The summed E-state index contributed by atoms with van der Waals surface area (Å²) in [6, 6.07) is 4.71. The molecule has 3 aliphatic rings. The van der Waals surface area contributed by atoms with E-state index >= 15 is 0 Å². The maximum Gasteiger partial charge on any atom is 0.251 e. The van der Waals surface area contributed by atoms with Crippen LogP contribution in [0.3, 0.4) is 0 Å². The number of aliphatic hydroxyl groups is 1. The summed E-state index contributed by atoms with van der Waals surface area (Å²) in [4.78, 5) is 12.5. The van der Waals surface area contributed by atoms with Crippen LogP contribution in [0.4, 0.5) is 0 Å². The van der Waals surface area contributed by atoms with Gasteiger partial charge in [-0.1, -0.05) is 11.6 Å². The molecule has 1 heterocycles. The number of halogens is 1. The van der Waals surface area contributed by atoms with Crippen LogP contribution in [0.15, 0.2) is 18.2 Å². The van der Waals surface area contributed by atoms with Crippen LogP contribution in [-0.2, 0) is 9.47 Å². The normalized spacial score (nSPS) is 27.5. The molecule has 1 aliphatic heterocycles. The zero-order valence-corrected chi connectivity index (χ0v) is 15.3. The lowest BCUT2D eigenvalue weighted by Gasteiger charge is -2.38. The summed E-state index contributed by atoms with van der Waals surface area (Å²) in [5, 5.41) is 13.7. The molecule has 6 nitrogen and oxygen atoms in total. The van der Waals surface area contributed by atoms with Crippen LogP contribution in [0.25, 0.3) is 0 Å². The molecule has 142 valence electrons. The summed E-state index contributed by atoms with van der Waals surface area (Å²) in [6.07, 6.45) is 3.33. The van der Waals surface area contributed by atoms with Crippen LogP contribution in [0.5, 0.6) is 5.75 Å². The van der Waals surface area contributed by atoms with E-state index in [1.54, 1.807) is 18.2 Å². The molecule has 0 aromatic heterocycles. The molecule has 2 saturated carbocycles. The molecule has 1 saturated heterocycles. The Morgan fingerprint density at radius 1 is 1.31 bits per heavy atom. The molecular weight excluding hydrogens is 358 g/mol. The summed E-state index contributed by atoms with van der Waals surface area (Å²) < 4.78 is 17.0. The Hall–Kier alpha value is -1.34. The average Bonchev–Trinajstić information content (AvgIpc) is 3.35. The largest absolute Gasteiger partial charge is 0.492 e. The summed E-state index contributed by atoms with van der Waals surface area (Å²) in [5.41, 5.74) is 0.453. The fourth-order valence-corrected chi connectivity index (χ4v) is 3.80. The highest BCUT2D eigenvalue weighted by Crippen LogP contribution is 2.36. The van der Waals surface area contributed by atoms with Gasteiger partial charge in [-0.3, -0.25) is 4.79 Å². The minimum Gasteiger partial charge on any atom is -0.492 e. The van der Waals surface area contributed by atoms with Gasteiger partial charge in [0, 0.05) is 18.4 Å². The minimum absolute atomic E-state index is 0.256. The Kier molecular flexibility index (Phi) is 5.10. The molecule has 1 aromatic carbocycles. The standard InChI is InChI=1S/C19H24ClNO5/c20-14-9-13(3-4-17(14)24-11-12-1-2-12)18(23)21-15-5-6-19(10-16(15)22)25-7-8-26-19/h3-4,9,12,15-16,22H,1-2,5-8,10-11H2,(H,21,23). The van der Waals surface area contributed by atoms with Gasteiger partial charge in [0.25, 0.3) is 5.91 Å². The second kappa shape index (κ2) is 7.35. The molecule has 7 heteroatoms. The quantitative estimate of drug-likeness (QED) is 0.819. The van der Waals surface area contributed by atoms with E-state index in [4.69, 9.17) is 25.8 Å². The molecular formula is C19H24ClNO5. The number of nitrogens with one attached hydrogen (secondary N) is 1. The van der Waals surface area contributed by atoms with Crippen molar-refractivity contribution in [2.24, 2.45) is 5.92 Å². The van der Waals surface area contributed by atoms with Crippen LogP contribution < -0.4 is 10.1 Å². The second-order valence-electron chi connectivity index (χ2n) is 7.40. The summed E-state index contributed by atoms with van der Waals surface area (Å²) in [6.45, 7) is 1.78. The van der Waals surface area contributed by atoms with E-state index in [2.05, 4.69) is 5.32 Å². The number of benzene rings is 1. The van der Waals surface area contributed by atoms with Crippen molar-refractivity contribution in [1.29, 1.82) is 0 Å². The molecule has 2 unspecified atom stereocenters. The first-order valence-corrected chi connectivity index (χ1v) is 9.62. The van der Waals surface area contributed by atoms with Crippen molar-refractivity contribution in [3.05, 3.63) is 28.8 Å². The fraction of sp³-hybridized carbons (Fsp3) is 0.632. The number of ether oxygens (including phenoxy) is 3. The molecule has 0 radical (unpaired) electrons. The SMILES string of the molecule is O=C(NC1CCC2(CC1O)OCCO2)c1ccc(OCC2CC2)c(Cl)c1. The zero-order valence-electron chi connectivity index (χ0n) is 14.6. The van der Waals surface area contributed by atoms with Crippen molar-refractivity contribution in [3.63, 3.8) is 0 Å². The van der Waals surface area contributed by atoms with Gasteiger partial charge in [-0.2, -0.15) is 0 Å². The summed E-state index contributed by atoms with van der Waals surface area (Å²) >= 11 is 6.24. The van der Waals surface area contributed by atoms with Gasteiger partial charge in [-0.05, 0) is 43.4 Å². The molecule has 2 N–H and O–H groups in total. The van der Waals surface area contributed by atoms with Crippen molar-refractivity contribution in [3.8, 4) is 5.75 Å². The van der Waals surface area contributed by atoms with Crippen LogP contribution >= 0.6 is 11.6 Å². The molecule has 1 spiro atoms. The first-order valence-electron chi connectivity index (χ1n) is 9.24. The van der Waals surface area contributed by atoms with Gasteiger partial charge in [0.05, 0.1) is 37.0 Å². The third kappa shape index (κ3) is 3.98. The topological polar surface area (TPSA) is 77.0 Å². The van der Waals surface area contributed by atoms with Gasteiger partial charge >= 0.3 is 0 Å². The monoisotopic (exact) mass is 381 g/mol. The first kappa shape index (κ1) is 18.0. The predicted molar refractivity (Wildman–Crippen MR) is 95.4 cm³/mol. The molecule has 4 rings (SSSR count). The van der Waals surface area contributed by atoms with Crippen molar-refractivity contribution >= 4 is 17.5 Å². The highest BCUT2D eigenvalue weighted by Gasteiger charge is 2.45. The summed E-state index contributed by atoms with van der Waals surface area (Å²) in [7, 11) is 0. The van der Waals surface area contributed by atoms with Gasteiger partial charge in [0.2, 0.25) is 0 Å². The number of rotatable bonds is 5. The predicted octanol–water partition coefficient (Wildman–Crippen LogP) is 2.52. The van der Waals surface area contributed by atoms with E-state index in [0.29, 0.717) is 61.3 Å². The number of amides is 1. The molecule has 2 aliphatic carbocycles. The third-order valence-electron chi connectivity index (χ3n) is 5.32. The highest BCUT2D eigenvalue weighted by atomic mass is 35.5. The lowest BCUT2D eigenvalue weighted by atomic mass is 9.87. The lowest BCUT2D eigenvalue weighted by Crippen LogP contribution is -2.52. The number of carbonyl (C=O) groups is 1. The highest BCUT2D eigenvalue weighted by molar-refractivity contribution is 6.32. The van der Waals surface area contributed by atoms with E-state index < -0.39 is 11.9 Å². The Morgan fingerprint density at radius 2 is 2.08 bits per heavy atom. The van der Waals surface area contributed by atoms with Crippen molar-refractivity contribution in [2.75, 3.05) is 19.8 Å². The summed E-state index contributed by atoms with van der Waals surface area (Å²) in [5.74, 6) is 0.307. The van der Waals surface area contributed by atoms with E-state index in [9.17, 15) is 9.90 Å². The van der Waals surface area contributed by atoms with E-state index in [0.717, 1.165) is 0 Å². The molecule has 3 fully saturated rings. The van der Waals surface area contributed by atoms with Crippen LogP contribution in [0, 0.1) is 5.92 Å².